The molecule has 2 heterocycles. The van der Waals surface area contributed by atoms with Crippen LogP contribution in [0.5, 0.6) is 0 Å². The number of carbonyl (C=O) groups is 3. The van der Waals surface area contributed by atoms with Crippen LogP contribution in [0.3, 0.4) is 0 Å². The highest BCUT2D eigenvalue weighted by Gasteiger charge is 2.28. The predicted octanol–water partition coefficient (Wildman–Crippen LogP) is 4.36. The van der Waals surface area contributed by atoms with Crippen molar-refractivity contribution in [2.75, 3.05) is 11.1 Å². The first-order chi connectivity index (χ1) is 13.8. The number of benzene rings is 1. The van der Waals surface area contributed by atoms with E-state index in [1.165, 1.54) is 16.3 Å². The number of hydrogen-bond acceptors (Lipinski definition) is 6. The van der Waals surface area contributed by atoms with Gasteiger partial charge in [-0.05, 0) is 59.7 Å². The summed E-state index contributed by atoms with van der Waals surface area (Å²) in [5, 5.41) is 6.26. The molecule has 1 aliphatic rings. The van der Waals surface area contributed by atoms with E-state index < -0.39 is 29.4 Å². The fourth-order valence-corrected chi connectivity index (χ4v) is 3.92. The molecule has 0 unspecified atom stereocenters. The van der Waals surface area contributed by atoms with Crippen molar-refractivity contribution in [1.82, 2.24) is 9.88 Å². The van der Waals surface area contributed by atoms with Crippen molar-refractivity contribution in [3.63, 3.8) is 0 Å². The number of rotatable bonds is 1. The number of anilines is 1. The van der Waals surface area contributed by atoms with Crippen LogP contribution >= 0.6 is 11.8 Å². The molecule has 2 amide bonds. The molecule has 0 fully saturated rings. The lowest BCUT2D eigenvalue weighted by atomic mass is 10.2. The predicted molar refractivity (Wildman–Crippen MR) is 116 cm³/mol. The van der Waals surface area contributed by atoms with Crippen molar-refractivity contribution in [2.24, 2.45) is 0 Å². The molecule has 2 N–H and O–H groups in total. The smallest absolute Gasteiger partial charge is 0.418 e. The Bertz CT molecular complexity index is 1000. The summed E-state index contributed by atoms with van der Waals surface area (Å²) in [7, 11) is 0. The number of fused-ring (bicyclic) bond motifs is 2. The lowest BCUT2D eigenvalue weighted by Crippen LogP contribution is -2.46. The maximum absolute atomic E-state index is 12.6. The van der Waals surface area contributed by atoms with Gasteiger partial charge in [0.15, 0.2) is 0 Å². The second kappa shape index (κ2) is 7.86. The highest BCUT2D eigenvalue weighted by atomic mass is 32.2. The molecular weight excluding hydrogens is 406 g/mol. The highest BCUT2D eigenvalue weighted by Crippen LogP contribution is 2.35. The molecule has 0 bridgehead atoms. The Balaban J connectivity index is 1.82. The molecule has 1 aromatic carbocycles. The average Bonchev–Trinajstić information content (AvgIpc) is 2.91. The number of aromatic nitrogens is 1. The van der Waals surface area contributed by atoms with Crippen LogP contribution in [0.15, 0.2) is 29.3 Å². The van der Waals surface area contributed by atoms with Gasteiger partial charge in [-0.2, -0.15) is 0 Å². The first-order valence-corrected chi connectivity index (χ1v) is 10.6. The van der Waals surface area contributed by atoms with Gasteiger partial charge in [0.05, 0.1) is 11.2 Å². The van der Waals surface area contributed by atoms with Gasteiger partial charge in [-0.25, -0.2) is 9.59 Å². The van der Waals surface area contributed by atoms with Gasteiger partial charge in [0.25, 0.3) is 0 Å². The number of nitrogens with one attached hydrogen (secondary N) is 2. The Kier molecular flexibility index (Phi) is 5.77. The third-order valence-corrected chi connectivity index (χ3v) is 5.20. The number of thioether (sulfide) groups is 1. The van der Waals surface area contributed by atoms with E-state index in [2.05, 4.69) is 10.6 Å². The van der Waals surface area contributed by atoms with E-state index in [0.29, 0.717) is 17.0 Å². The van der Waals surface area contributed by atoms with Crippen molar-refractivity contribution >= 4 is 46.4 Å². The average molecular weight is 434 g/mol. The van der Waals surface area contributed by atoms with Gasteiger partial charge >= 0.3 is 12.2 Å². The van der Waals surface area contributed by atoms with Crippen LogP contribution in [0.1, 0.15) is 41.5 Å². The minimum absolute atomic E-state index is 0.321. The molecule has 30 heavy (non-hydrogen) atoms. The van der Waals surface area contributed by atoms with Gasteiger partial charge in [-0.15, -0.1) is 11.8 Å². The summed E-state index contributed by atoms with van der Waals surface area (Å²) in [5.41, 5.74) is 0.0543. The summed E-state index contributed by atoms with van der Waals surface area (Å²) in [6.45, 7) is 10.7. The summed E-state index contributed by atoms with van der Waals surface area (Å²) in [6, 6.07) is 4.70. The summed E-state index contributed by atoms with van der Waals surface area (Å²) < 4.78 is 12.2. The molecule has 0 spiro atoms. The number of nitrogens with zero attached hydrogens (tertiary/aromatic N) is 1. The van der Waals surface area contributed by atoms with Crippen LogP contribution in [0, 0.1) is 0 Å². The van der Waals surface area contributed by atoms with Gasteiger partial charge in [-0.1, -0.05) is 0 Å². The normalized spacial score (nSPS) is 17.0. The lowest BCUT2D eigenvalue weighted by Gasteiger charge is -2.22. The summed E-state index contributed by atoms with van der Waals surface area (Å²) >= 11 is 1.41. The number of hydrogen-bond donors (Lipinski definition) is 2. The fraction of sp³-hybridized carbons (Fsp3) is 0.476. The Hall–Kier alpha value is -2.68. The second-order valence-corrected chi connectivity index (χ2v) is 10.1. The molecule has 0 saturated heterocycles. The van der Waals surface area contributed by atoms with Crippen molar-refractivity contribution in [2.45, 2.75) is 63.7 Å². The largest absolute Gasteiger partial charge is 0.444 e. The minimum atomic E-state index is -0.746. The zero-order valence-electron chi connectivity index (χ0n) is 18.0. The topological polar surface area (TPSA) is 98.7 Å². The van der Waals surface area contributed by atoms with Gasteiger partial charge < -0.3 is 20.1 Å². The number of ether oxygens (including phenoxy) is 2. The second-order valence-electron chi connectivity index (χ2n) is 9.07. The number of alkyl carbamates (subject to hydrolysis) is 1. The van der Waals surface area contributed by atoms with E-state index in [0.717, 1.165) is 10.3 Å². The SMILES string of the molecule is CC(C)(C)OC(=O)N[C@H]1CSc2cc3c(ccn3C(=O)OC(C)(C)C)cc2NC1=O. The van der Waals surface area contributed by atoms with Crippen molar-refractivity contribution < 1.29 is 23.9 Å². The zero-order chi connectivity index (χ0) is 22.3. The molecule has 2 aromatic rings. The third kappa shape index (κ3) is 5.27. The van der Waals surface area contributed by atoms with E-state index in [4.69, 9.17) is 9.47 Å². The van der Waals surface area contributed by atoms with Crippen LogP contribution in [-0.4, -0.2) is 45.7 Å². The first kappa shape index (κ1) is 22.0. The fourth-order valence-electron chi connectivity index (χ4n) is 2.88. The third-order valence-electron chi connectivity index (χ3n) is 4.05. The monoisotopic (exact) mass is 433 g/mol. The van der Waals surface area contributed by atoms with Crippen LogP contribution in [0.4, 0.5) is 15.3 Å². The van der Waals surface area contributed by atoms with Gasteiger partial charge in [-0.3, -0.25) is 9.36 Å². The van der Waals surface area contributed by atoms with Crippen LogP contribution < -0.4 is 10.6 Å². The Morgan fingerprint density at radius 2 is 1.80 bits per heavy atom. The van der Waals surface area contributed by atoms with Crippen molar-refractivity contribution in [3.05, 3.63) is 24.4 Å². The lowest BCUT2D eigenvalue weighted by molar-refractivity contribution is -0.117. The minimum Gasteiger partial charge on any atom is -0.444 e. The maximum atomic E-state index is 12.6. The first-order valence-electron chi connectivity index (χ1n) is 9.64. The van der Waals surface area contributed by atoms with Gasteiger partial charge in [0.1, 0.15) is 17.2 Å². The van der Waals surface area contributed by atoms with Crippen molar-refractivity contribution in [1.29, 1.82) is 0 Å². The number of amides is 2. The Morgan fingerprint density at radius 3 is 2.43 bits per heavy atom. The van der Waals surface area contributed by atoms with E-state index in [-0.39, 0.29) is 5.91 Å². The van der Waals surface area contributed by atoms with Gasteiger partial charge in [0, 0.05) is 22.2 Å². The number of carbonyl (C=O) groups excluding carboxylic acids is 3. The Morgan fingerprint density at radius 1 is 1.13 bits per heavy atom. The molecule has 0 radical (unpaired) electrons. The summed E-state index contributed by atoms with van der Waals surface area (Å²) in [4.78, 5) is 38.0. The quantitative estimate of drug-likeness (QED) is 0.693. The molecular formula is C21H27N3O5S. The molecule has 0 saturated carbocycles. The van der Waals surface area contributed by atoms with E-state index >= 15 is 0 Å². The molecule has 8 nitrogen and oxygen atoms in total. The van der Waals surface area contributed by atoms with Crippen LogP contribution in [-0.2, 0) is 14.3 Å². The summed E-state index contributed by atoms with van der Waals surface area (Å²) in [6.07, 6.45) is 0.539. The maximum Gasteiger partial charge on any atom is 0.418 e. The van der Waals surface area contributed by atoms with E-state index in [1.54, 1.807) is 33.0 Å². The molecule has 0 aliphatic carbocycles. The molecule has 1 aromatic heterocycles. The van der Waals surface area contributed by atoms with E-state index in [1.807, 2.05) is 32.9 Å². The standard InChI is InChI=1S/C21H27N3O5S/c1-20(2,3)28-18(26)23-14-11-30-16-10-15-12(9-13(16)22-17(14)25)7-8-24(15)19(27)29-21(4,5)6/h7-10,14H,11H2,1-6H3,(H,22,25)(H,23,26)/t14-/m0/s1. The van der Waals surface area contributed by atoms with Gasteiger partial charge in [0.2, 0.25) is 5.91 Å². The molecule has 3 rings (SSSR count). The molecule has 162 valence electrons. The Labute approximate surface area is 179 Å². The molecule has 1 atom stereocenters. The van der Waals surface area contributed by atoms with Crippen LogP contribution in [0.25, 0.3) is 10.9 Å². The zero-order valence-corrected chi connectivity index (χ0v) is 18.8. The highest BCUT2D eigenvalue weighted by molar-refractivity contribution is 7.99. The van der Waals surface area contributed by atoms with Crippen LogP contribution in [0.2, 0.25) is 0 Å². The van der Waals surface area contributed by atoms with Crippen molar-refractivity contribution in [3.8, 4) is 0 Å². The summed E-state index contributed by atoms with van der Waals surface area (Å²) in [5.74, 6) is 0.00882. The molecule has 9 heteroatoms. The molecule has 1 aliphatic heterocycles. The van der Waals surface area contributed by atoms with E-state index in [9.17, 15) is 14.4 Å².